The van der Waals surface area contributed by atoms with Crippen LogP contribution in [0, 0.1) is 19.7 Å². The monoisotopic (exact) mass is 1830 g/mol. The van der Waals surface area contributed by atoms with Crippen molar-refractivity contribution in [1.29, 1.82) is 0 Å². The van der Waals surface area contributed by atoms with Crippen molar-refractivity contribution in [1.82, 2.24) is 29.4 Å². The van der Waals surface area contributed by atoms with Crippen LogP contribution < -0.4 is 4.90 Å². The van der Waals surface area contributed by atoms with Gasteiger partial charge in [0, 0.05) is 174 Å². The highest BCUT2D eigenvalue weighted by molar-refractivity contribution is 6.48. The number of nitrogens with zero attached hydrogens (tertiary/aromatic N) is 17. The van der Waals surface area contributed by atoms with E-state index in [4.69, 9.17) is 24.7 Å². The number of rotatable bonds is 6. The number of aryl methyl sites for hydroxylation is 2. The van der Waals surface area contributed by atoms with Crippen LogP contribution in [-0.4, -0.2) is 233 Å². The Morgan fingerprint density at radius 3 is 0.904 bits per heavy atom. The van der Waals surface area contributed by atoms with Crippen molar-refractivity contribution < 1.29 is 59.4 Å². The molecule has 0 bridgehead atoms. The van der Waals surface area contributed by atoms with E-state index < -0.39 is 35.0 Å². The largest absolute Gasteiger partial charge is 0.417 e. The second-order valence-electron chi connectivity index (χ2n) is 34.2. The quantitative estimate of drug-likeness (QED) is 0.141. The van der Waals surface area contributed by atoms with E-state index in [1.54, 1.807) is 91.5 Å². The minimum atomic E-state index is -4.60. The number of anilines is 1. The molecular weight excluding hydrogens is 1740 g/mol. The number of alkyl halides is 6. The zero-order valence-corrected chi connectivity index (χ0v) is 75.9. The molecule has 0 amide bonds. The van der Waals surface area contributed by atoms with Crippen molar-refractivity contribution in [3.05, 3.63) is 377 Å². The Hall–Kier alpha value is -15.8. The fourth-order valence-corrected chi connectivity index (χ4v) is 17.7. The van der Waals surface area contributed by atoms with Gasteiger partial charge in [0.25, 0.3) is 0 Å². The number of morpholine rings is 1. The molecular formula is C106H88F7N17O6. The number of hydrogen-bond acceptors (Lipinski definition) is 23. The number of aliphatic imine (C=N–C) groups is 10. The lowest BCUT2D eigenvalue weighted by atomic mass is 9.82. The summed E-state index contributed by atoms with van der Waals surface area (Å²) >= 11 is 0. The molecule has 0 aromatic heterocycles. The molecule has 30 heteroatoms. The first-order chi connectivity index (χ1) is 65.3. The van der Waals surface area contributed by atoms with Gasteiger partial charge in [-0.15, -0.1) is 0 Å². The lowest BCUT2D eigenvalue weighted by Gasteiger charge is -2.32. The second-order valence-corrected chi connectivity index (χ2v) is 34.2. The number of ether oxygens (including phenoxy) is 1. The Bertz CT molecular complexity index is 7290. The molecule has 10 aromatic rings. The SMILES string of the molecule is CN(C)C1=NC2=C(c3ccccc3C(F)(F)F)C(=O)c3ccccc3C2=N1.CN(C)C1=NC2=C(c3ccccc3N(C)C)C(=O)c3ccccc3C2=N1.CN1CCN(C2=NC3=C(c4ccccc4C(F)(F)F)C(=O)c4ccccc4C3=N2)CC1.Cc1cc(F)ccc1C1=C2N=C(N(C)C)N=C2c2ccccc2C1=O.Cc1ccccc1C1=C2N=C(N3CCOCC3)N=C2c2ccccc2C1=O. The summed E-state index contributed by atoms with van der Waals surface area (Å²) in [7, 11) is 17.0. The Labute approximate surface area is 779 Å². The Kier molecular flexibility index (Phi) is 24.4. The summed E-state index contributed by atoms with van der Waals surface area (Å²) in [6.45, 7) is 9.77. The van der Waals surface area contributed by atoms with Crippen LogP contribution in [0.1, 0.15) is 130 Å². The van der Waals surface area contributed by atoms with E-state index in [9.17, 15) is 54.7 Å². The van der Waals surface area contributed by atoms with E-state index in [1.807, 2.05) is 186 Å². The van der Waals surface area contributed by atoms with E-state index in [1.165, 1.54) is 48.5 Å². The predicted molar refractivity (Wildman–Crippen MR) is 517 cm³/mol. The van der Waals surface area contributed by atoms with Crippen molar-refractivity contribution in [3.63, 3.8) is 0 Å². The van der Waals surface area contributed by atoms with Gasteiger partial charge in [-0.2, -0.15) is 26.3 Å². The molecule has 0 unspecified atom stereocenters. The fourth-order valence-electron chi connectivity index (χ4n) is 17.7. The highest BCUT2D eigenvalue weighted by Gasteiger charge is 2.46. The van der Waals surface area contributed by atoms with Gasteiger partial charge in [0.05, 0.1) is 52.2 Å². The summed E-state index contributed by atoms with van der Waals surface area (Å²) in [5, 5.41) is 0. The average molecular weight is 1830 g/mol. The fraction of sp³-hybridized carbons (Fsp3) is 0.198. The number of allylic oxidation sites excluding steroid dienone is 10. The summed E-state index contributed by atoms with van der Waals surface area (Å²) in [6, 6.07) is 66.8. The molecule has 0 atom stereocenters. The van der Waals surface area contributed by atoms with Crippen LogP contribution in [0.5, 0.6) is 0 Å². The van der Waals surface area contributed by atoms with Crippen LogP contribution in [0.15, 0.2) is 315 Å². The molecule has 7 aliphatic heterocycles. The van der Waals surface area contributed by atoms with Crippen molar-refractivity contribution in [2.45, 2.75) is 26.2 Å². The number of halogens is 7. The van der Waals surface area contributed by atoms with Crippen molar-refractivity contribution in [2.24, 2.45) is 49.9 Å². The summed E-state index contributed by atoms with van der Waals surface area (Å²) < 4.78 is 101. The maximum atomic E-state index is 13.8. The smallest absolute Gasteiger partial charge is 0.378 e. The molecule has 23 nitrogen and oxygen atoms in total. The second kappa shape index (κ2) is 36.6. The minimum absolute atomic E-state index is 0.00685. The average Bonchev–Trinajstić information content (AvgIpc) is 1.50. The number of piperazine rings is 1. The van der Waals surface area contributed by atoms with Gasteiger partial charge in [-0.1, -0.05) is 206 Å². The number of benzene rings is 10. The molecule has 682 valence electrons. The molecule has 5 aliphatic carbocycles. The summed E-state index contributed by atoms with van der Waals surface area (Å²) in [6.07, 6.45) is -9.19. The molecule has 0 spiro atoms. The summed E-state index contributed by atoms with van der Waals surface area (Å²) in [5.41, 5.74) is 16.5. The van der Waals surface area contributed by atoms with Gasteiger partial charge in [0.2, 0.25) is 29.8 Å². The summed E-state index contributed by atoms with van der Waals surface area (Å²) in [5.74, 6) is 1.25. The van der Waals surface area contributed by atoms with Crippen LogP contribution >= 0.6 is 0 Å². The van der Waals surface area contributed by atoms with Gasteiger partial charge >= 0.3 is 12.4 Å². The van der Waals surface area contributed by atoms with Crippen molar-refractivity contribution in [2.75, 3.05) is 121 Å². The number of hydrogen-bond donors (Lipinski definition) is 0. The van der Waals surface area contributed by atoms with Gasteiger partial charge in [0.1, 0.15) is 62.9 Å². The number of fused-ring (bicyclic) bond motifs is 15. The Morgan fingerprint density at radius 1 is 0.287 bits per heavy atom. The molecule has 2 saturated heterocycles. The first-order valence-electron chi connectivity index (χ1n) is 43.8. The molecule has 22 rings (SSSR count). The number of carbonyl (C=O) groups is 5. The van der Waals surface area contributed by atoms with E-state index in [0.717, 1.165) is 88.8 Å². The lowest BCUT2D eigenvalue weighted by Crippen LogP contribution is -2.46. The van der Waals surface area contributed by atoms with E-state index in [-0.39, 0.29) is 56.8 Å². The molecule has 0 saturated carbocycles. The Balaban J connectivity index is 0.000000113. The van der Waals surface area contributed by atoms with Crippen molar-refractivity contribution >= 4 is 121 Å². The maximum Gasteiger partial charge on any atom is 0.417 e. The topological polar surface area (TPSA) is 241 Å². The number of Topliss-reactive ketones (excluding diaryl/α,β-unsaturated/α-hetero) is 5. The van der Waals surface area contributed by atoms with E-state index in [0.29, 0.717) is 157 Å². The number of likely N-dealkylation sites (N-methyl/N-ethyl adjacent to an activating group) is 1. The van der Waals surface area contributed by atoms with Crippen LogP contribution in [0.4, 0.5) is 36.4 Å². The zero-order valence-electron chi connectivity index (χ0n) is 75.9. The number of carbonyl (C=O) groups excluding carboxylic acids is 5. The van der Waals surface area contributed by atoms with Crippen LogP contribution in [0.3, 0.4) is 0 Å². The first kappa shape index (κ1) is 90.7. The molecule has 0 N–H and O–H groups in total. The van der Waals surface area contributed by atoms with Crippen LogP contribution in [-0.2, 0) is 17.1 Å². The van der Waals surface area contributed by atoms with Gasteiger partial charge < -0.3 is 39.0 Å². The number of ketones is 5. The Morgan fingerprint density at radius 2 is 0.566 bits per heavy atom. The molecule has 12 aliphatic rings. The van der Waals surface area contributed by atoms with Crippen LogP contribution in [0.2, 0.25) is 0 Å². The van der Waals surface area contributed by atoms with Gasteiger partial charge in [-0.25, -0.2) is 54.3 Å². The molecule has 0 radical (unpaired) electrons. The first-order valence-corrected chi connectivity index (χ1v) is 43.8. The van der Waals surface area contributed by atoms with E-state index in [2.05, 4.69) is 39.8 Å². The highest BCUT2D eigenvalue weighted by Crippen LogP contribution is 2.47. The molecule has 136 heavy (non-hydrogen) atoms. The highest BCUT2D eigenvalue weighted by atomic mass is 19.4. The third kappa shape index (κ3) is 16.9. The standard InChI is InChI=1S/C23H19F3N4O.C22H19N3O2.C21H20N4O.C20H14F3N3O.C20H16FN3O/c1-29-10-12-30(13-11-29)22-27-19-14-6-2-3-7-15(14)21(31)18(20(19)28-22)16-8-4-5-9-17(16)23(24,25)26;1-14-6-2-3-7-15(14)18-20-19(16-8-4-5-9-17(16)21(18)26)23-22(24-20)25-10-12-27-13-11-25;1-24(2)16-12-8-7-11-15(16)17-19-18(22-21(23-19)25(3)4)13-9-5-6-10-14(13)20(17)26;1-26(2)19-24-16-11-7-3-4-8-12(11)18(27)15(17(16)25-19)13-9-5-6-10-14(13)20(21,22)23;1-11-10-12(21)8-9-13(11)16-18-17(22-20(23-18)24(2)3)14-6-4-5-7-15(14)19(16)25/h2-9H,10-13H2,1H3;2-9H,10-13H2,1H3;5-12H,1-4H3;3-10H,1-2H3;4-10H,1-3H3. The van der Waals surface area contributed by atoms with E-state index >= 15 is 0 Å². The predicted octanol–water partition coefficient (Wildman–Crippen LogP) is 17.4. The maximum absolute atomic E-state index is 13.8. The van der Waals surface area contributed by atoms with Gasteiger partial charge in [-0.05, 0) is 73.5 Å². The van der Waals surface area contributed by atoms with Gasteiger partial charge in [0.15, 0.2) is 28.9 Å². The minimum Gasteiger partial charge on any atom is -0.378 e. The zero-order chi connectivity index (χ0) is 95.6. The number of para-hydroxylation sites is 1. The lowest BCUT2D eigenvalue weighted by molar-refractivity contribution is -0.138. The number of guanidine groups is 5. The molecule has 7 heterocycles. The molecule has 2 fully saturated rings. The molecule has 10 aromatic carbocycles. The third-order valence-corrected chi connectivity index (χ3v) is 24.5. The van der Waals surface area contributed by atoms with Gasteiger partial charge in [-0.3, -0.25) is 24.0 Å². The normalized spacial score (nSPS) is 17.1. The van der Waals surface area contributed by atoms with Crippen molar-refractivity contribution in [3.8, 4) is 0 Å². The third-order valence-electron chi connectivity index (χ3n) is 24.5. The summed E-state index contributed by atoms with van der Waals surface area (Å²) in [4.78, 5) is 127. The van der Waals surface area contributed by atoms with Crippen LogP contribution in [0.25, 0.3) is 27.9 Å².